The summed E-state index contributed by atoms with van der Waals surface area (Å²) in [6.07, 6.45) is -44.0. The predicted octanol–water partition coefficient (Wildman–Crippen LogP) is -7.02. The number of carboxylic acids is 2. The number of benzene rings is 1. The van der Waals surface area contributed by atoms with Crippen molar-refractivity contribution < 1.29 is 170 Å². The zero-order valence-corrected chi connectivity index (χ0v) is 45.4. The Morgan fingerprint density at radius 3 is 1.46 bits per heavy atom. The fourth-order valence-electron chi connectivity index (χ4n) is 7.64. The van der Waals surface area contributed by atoms with Crippen LogP contribution in [0.3, 0.4) is 0 Å². The van der Waals surface area contributed by atoms with Crippen LogP contribution in [0.5, 0.6) is 0 Å². The normalized spacial score (nSPS) is 34.5. The van der Waals surface area contributed by atoms with Crippen LogP contribution in [0.2, 0.25) is 0 Å². The number of nitrogens with one attached hydrogen (secondary N) is 2. The lowest BCUT2D eigenvalue weighted by molar-refractivity contribution is -0.366. The van der Waals surface area contributed by atoms with Gasteiger partial charge in [-0.1, -0.05) is 68.3 Å². The number of allylic oxidation sites excluding steroid dienone is 2. The highest BCUT2D eigenvalue weighted by molar-refractivity contribution is 7.83. The highest BCUT2D eigenvalue weighted by atomic mass is 32.3. The van der Waals surface area contributed by atoms with Crippen LogP contribution in [0.4, 0.5) is 0 Å². The largest absolute Gasteiger partial charge is 0.479 e. The van der Waals surface area contributed by atoms with Crippen molar-refractivity contribution in [1.29, 1.82) is 0 Å². The van der Waals surface area contributed by atoms with Crippen molar-refractivity contribution in [2.45, 2.75) is 130 Å². The van der Waals surface area contributed by atoms with E-state index in [1.165, 1.54) is 10.3 Å². The van der Waals surface area contributed by atoms with Gasteiger partial charge < -0.3 is 79.3 Å². The van der Waals surface area contributed by atoms with Gasteiger partial charge in [0.2, 0.25) is 5.91 Å². The summed E-state index contributed by atoms with van der Waals surface area (Å²) >= 11 is 0. The average Bonchev–Trinajstić information content (AvgIpc) is 3.55. The van der Waals surface area contributed by atoms with E-state index in [0.29, 0.717) is 0 Å². The van der Waals surface area contributed by atoms with Gasteiger partial charge in [-0.15, -0.1) is 0 Å². The number of carbonyl (C=O) groups excluding carboxylic acids is 1. The number of amides is 1. The zero-order valence-electron chi connectivity index (χ0n) is 41.4. The molecule has 20 atom stereocenters. The Labute approximate surface area is 464 Å². The summed E-state index contributed by atoms with van der Waals surface area (Å²) in [5.74, 6) is -5.49. The zero-order chi connectivity index (χ0) is 62.6. The third-order valence-electron chi connectivity index (χ3n) is 10.9. The van der Waals surface area contributed by atoms with E-state index in [4.69, 9.17) is 37.7 Å². The summed E-state index contributed by atoms with van der Waals surface area (Å²) in [6.45, 7) is 8.11. The van der Waals surface area contributed by atoms with Crippen LogP contribution in [0.15, 0.2) is 62.2 Å². The standard InChI is InChI=1S/C26H42N2O37S5.C8H8.C4H6/c1-4(30)27-7-9(31)13(6(56-23(7)39)3-55-67(43,44)45)58-26-19(65-70(52,53)54)12(34)16(20(62-26)22(37)38)60-24-8(28-66(40,41)42)15(63-68(46,47)48)14(5(2-29)57-24)59-25-18(64-69(49,50)51)11(33)10(32)17(61-25)21(35)36;1-2-8-6-4-3-5-7-8;1-3-4-2/h5-20,23-26,28-29,31-34,39H,2-3H2,1H3,(H,27,30)(H,35,36)(H,37,38)(H,40,41,42)(H,43,44,45)(H,46,47,48)(H,49,50,51)(H,52,53,54);2-7H,1H2;3-4H,1-2H2/t5-,6+,7-,8-,9-,10-,11-,12+,13-,14-,15-,16+,17-,18+,19-,20+,23-,24+,25+,26-;;/m1../s1. The number of aliphatic hydroxyl groups is 6. The van der Waals surface area contributed by atoms with E-state index in [9.17, 15) is 116 Å². The topological polar surface area (TPSA) is 610 Å². The summed E-state index contributed by atoms with van der Waals surface area (Å²) in [5.41, 5.74) is 1.17. The average molecular weight is 1290 g/mol. The second-order valence-electron chi connectivity index (χ2n) is 16.7. The van der Waals surface area contributed by atoms with Crippen LogP contribution in [-0.4, -0.2) is 259 Å². The molecule has 15 N–H and O–H groups in total. The predicted molar refractivity (Wildman–Crippen MR) is 258 cm³/mol. The van der Waals surface area contributed by atoms with Crippen molar-refractivity contribution in [2.24, 2.45) is 0 Å². The monoisotopic (exact) mass is 1290 g/mol. The summed E-state index contributed by atoms with van der Waals surface area (Å²) in [6, 6.07) is 5.07. The summed E-state index contributed by atoms with van der Waals surface area (Å²) in [7, 11) is -29.1. The fourth-order valence-corrected chi connectivity index (χ4v) is 10.0. The molecule has 4 heterocycles. The van der Waals surface area contributed by atoms with Crippen molar-refractivity contribution in [3.05, 3.63) is 67.8 Å². The quantitative estimate of drug-likeness (QED) is 0.0358. The van der Waals surface area contributed by atoms with E-state index in [2.05, 4.69) is 36.5 Å². The van der Waals surface area contributed by atoms with Crippen molar-refractivity contribution in [3.8, 4) is 0 Å². The lowest BCUT2D eigenvalue weighted by Crippen LogP contribution is -2.71. The molecule has 1 amide bonds. The number of carboxylic acid groups (broad SMARTS) is 2. The molecule has 470 valence electrons. The molecule has 0 radical (unpaired) electrons. The Bertz CT molecular complexity index is 2910. The molecule has 0 spiro atoms. The SMILES string of the molecule is C=CC=C.C=Cc1ccccc1.CC(=O)N[C@@H]1[C@@H](O)[C@H](O[C@@H]2O[C@H](C(=O)O)[C@@H](O[C@@H]3O[C@H](CO)[C@@H](O[C@H]4O[C@@H](C(=O)O)[C@H](O)[C@@H](O)[C@@H]4OS(=O)(=O)O)[C@H](OS(=O)(=O)O)[C@H]3NS(=O)(=O)O)[C@H](O)[C@H]2OS(=O)(=O)O)[C@H](COS(=O)(=O)O)O[C@H]1O. The Morgan fingerprint density at radius 2 is 1.04 bits per heavy atom. The maximum Gasteiger partial charge on any atom is 0.397 e. The van der Waals surface area contributed by atoms with Gasteiger partial charge in [0.1, 0.15) is 73.1 Å². The maximum absolute atomic E-state index is 12.7. The smallest absolute Gasteiger partial charge is 0.397 e. The fraction of sp³-hybridized carbons (Fsp3) is 0.605. The van der Waals surface area contributed by atoms with Gasteiger partial charge in [0, 0.05) is 6.92 Å². The van der Waals surface area contributed by atoms with Gasteiger partial charge in [0.25, 0.3) is 0 Å². The van der Waals surface area contributed by atoms with Crippen LogP contribution in [-0.2, 0) is 116 Å². The van der Waals surface area contributed by atoms with Crippen LogP contribution >= 0.6 is 0 Å². The maximum atomic E-state index is 12.7. The lowest BCUT2D eigenvalue weighted by Gasteiger charge is -2.50. The Kier molecular flexibility index (Phi) is 26.5. The van der Waals surface area contributed by atoms with E-state index in [1.54, 1.807) is 12.2 Å². The molecule has 4 aliphatic heterocycles. The highest BCUT2D eigenvalue weighted by Gasteiger charge is 2.60. The first-order valence-electron chi connectivity index (χ1n) is 22.2. The molecular weight excluding hydrogens is 1240 g/mol. The number of ether oxygens (including phenoxy) is 7. The third-order valence-corrected chi connectivity index (χ3v) is 13.3. The number of aliphatic carboxylic acids is 2. The van der Waals surface area contributed by atoms with Crippen molar-refractivity contribution in [1.82, 2.24) is 10.0 Å². The van der Waals surface area contributed by atoms with E-state index < -0.39 is 206 Å². The van der Waals surface area contributed by atoms with Gasteiger partial charge in [-0.2, -0.15) is 46.8 Å². The van der Waals surface area contributed by atoms with Gasteiger partial charge in [0.15, 0.2) is 49.6 Å². The molecule has 1 aromatic rings. The molecular formula is C38H56N2O37S5. The molecule has 5 rings (SSSR count). The molecule has 0 bridgehead atoms. The van der Waals surface area contributed by atoms with Gasteiger partial charge in [0.05, 0.1) is 13.2 Å². The molecule has 0 aliphatic carbocycles. The minimum Gasteiger partial charge on any atom is -0.479 e. The van der Waals surface area contributed by atoms with E-state index in [-0.39, 0.29) is 0 Å². The minimum absolute atomic E-state index is 0.840. The molecule has 0 unspecified atom stereocenters. The second-order valence-corrected chi connectivity index (χ2v) is 22.1. The molecule has 4 saturated heterocycles. The summed E-state index contributed by atoms with van der Waals surface area (Å²) in [5, 5.41) is 86.0. The number of hydrogen-bond acceptors (Lipinski definition) is 30. The van der Waals surface area contributed by atoms with Gasteiger partial charge in [-0.25, -0.2) is 26.3 Å². The minimum atomic E-state index is -6.09. The van der Waals surface area contributed by atoms with Crippen LogP contribution in [0.1, 0.15) is 12.5 Å². The van der Waals surface area contributed by atoms with Crippen LogP contribution in [0, 0.1) is 0 Å². The number of rotatable bonds is 23. The van der Waals surface area contributed by atoms with Crippen molar-refractivity contribution >= 4 is 75.8 Å². The Hall–Kier alpha value is -4.32. The first-order valence-corrected chi connectivity index (χ1v) is 29.1. The molecule has 0 aromatic heterocycles. The third kappa shape index (κ3) is 21.9. The van der Waals surface area contributed by atoms with Gasteiger partial charge in [-0.05, 0) is 5.56 Å². The molecule has 44 heteroatoms. The Balaban J connectivity index is 0.00000131. The van der Waals surface area contributed by atoms with E-state index in [0.717, 1.165) is 6.92 Å². The Morgan fingerprint density at radius 1 is 0.561 bits per heavy atom. The number of carbonyl (C=O) groups is 3. The van der Waals surface area contributed by atoms with E-state index in [1.807, 2.05) is 41.7 Å². The van der Waals surface area contributed by atoms with Gasteiger partial charge >= 0.3 is 63.8 Å². The van der Waals surface area contributed by atoms with Crippen LogP contribution < -0.4 is 10.0 Å². The molecule has 82 heavy (non-hydrogen) atoms. The van der Waals surface area contributed by atoms with Gasteiger partial charge in [-0.3, -0.25) is 27.6 Å². The van der Waals surface area contributed by atoms with Crippen LogP contribution in [0.25, 0.3) is 6.08 Å². The number of aliphatic hydroxyl groups excluding tert-OH is 6. The molecule has 39 nitrogen and oxygen atoms in total. The molecule has 1 aromatic carbocycles. The second kappa shape index (κ2) is 30.2. The molecule has 4 fully saturated rings. The lowest BCUT2D eigenvalue weighted by atomic mass is 9.94. The first-order chi connectivity index (χ1) is 37.7. The summed E-state index contributed by atoms with van der Waals surface area (Å²) < 4.78 is 222. The van der Waals surface area contributed by atoms with E-state index >= 15 is 0 Å². The van der Waals surface area contributed by atoms with Crippen molar-refractivity contribution in [3.63, 3.8) is 0 Å². The molecule has 0 saturated carbocycles. The highest BCUT2D eigenvalue weighted by Crippen LogP contribution is 2.37. The molecule has 4 aliphatic rings. The first kappa shape index (κ1) is 71.9. The van der Waals surface area contributed by atoms with Crippen molar-refractivity contribution in [2.75, 3.05) is 13.2 Å². The number of hydrogen-bond donors (Lipinski definition) is 15. The summed E-state index contributed by atoms with van der Waals surface area (Å²) in [4.78, 5) is 36.4.